The second-order valence-electron chi connectivity index (χ2n) is 7.90. The molecule has 3 aromatic rings. The Kier molecular flexibility index (Phi) is 5.37. The summed E-state index contributed by atoms with van der Waals surface area (Å²) in [7, 11) is 0. The van der Waals surface area contributed by atoms with Crippen LogP contribution in [-0.2, 0) is 17.7 Å². The van der Waals surface area contributed by atoms with E-state index in [-0.39, 0.29) is 12.0 Å². The van der Waals surface area contributed by atoms with E-state index in [0.29, 0.717) is 41.1 Å². The molecule has 3 aromatic heterocycles. The van der Waals surface area contributed by atoms with Crippen molar-refractivity contribution in [1.29, 1.82) is 0 Å². The van der Waals surface area contributed by atoms with Crippen LogP contribution in [0.15, 0.2) is 22.8 Å². The van der Waals surface area contributed by atoms with Gasteiger partial charge in [0, 0.05) is 22.7 Å². The highest BCUT2D eigenvalue weighted by Gasteiger charge is 2.28. The van der Waals surface area contributed by atoms with E-state index in [9.17, 15) is 9.59 Å². The largest absolute Gasteiger partial charge is 0.462 e. The quantitative estimate of drug-likeness (QED) is 0.626. The zero-order chi connectivity index (χ0) is 21.5. The number of rotatable bonds is 3. The van der Waals surface area contributed by atoms with Gasteiger partial charge in [-0.3, -0.25) is 10.1 Å². The van der Waals surface area contributed by atoms with E-state index >= 15 is 0 Å². The number of fused-ring (bicyclic) bond motifs is 1. The average Bonchev–Trinajstić information content (AvgIpc) is 3.38. The molecule has 1 aliphatic rings. The molecule has 0 fully saturated rings. The predicted octanol–water partition coefficient (Wildman–Crippen LogP) is 4.71. The van der Waals surface area contributed by atoms with Crippen molar-refractivity contribution in [2.45, 2.75) is 46.3 Å². The van der Waals surface area contributed by atoms with Crippen molar-refractivity contribution in [2.24, 2.45) is 0 Å². The fourth-order valence-electron chi connectivity index (χ4n) is 3.00. The van der Waals surface area contributed by atoms with E-state index in [0.717, 1.165) is 15.4 Å². The zero-order valence-electron chi connectivity index (χ0n) is 17.1. The molecule has 0 saturated carbocycles. The Labute approximate surface area is 181 Å². The molecule has 0 aromatic carbocycles. The molecule has 4 heterocycles. The number of hydrogen-bond acceptors (Lipinski definition) is 8. The van der Waals surface area contributed by atoms with Gasteiger partial charge in [-0.25, -0.2) is 14.8 Å². The van der Waals surface area contributed by atoms with Gasteiger partial charge in [-0.15, -0.1) is 11.3 Å². The Bertz CT molecular complexity index is 1080. The summed E-state index contributed by atoms with van der Waals surface area (Å²) in [6, 6.07) is 3.59. The predicted molar refractivity (Wildman–Crippen MR) is 115 cm³/mol. The van der Waals surface area contributed by atoms with E-state index < -0.39 is 5.60 Å². The van der Waals surface area contributed by atoms with Gasteiger partial charge in [0.25, 0.3) is 5.91 Å². The summed E-state index contributed by atoms with van der Waals surface area (Å²) in [5.74, 6) is 0.325. The van der Waals surface area contributed by atoms with Gasteiger partial charge in [0.05, 0.1) is 18.5 Å². The van der Waals surface area contributed by atoms with Crippen LogP contribution in [0.25, 0.3) is 10.8 Å². The van der Waals surface area contributed by atoms with Gasteiger partial charge >= 0.3 is 6.09 Å². The number of thiazole rings is 2. The molecule has 1 N–H and O–H groups in total. The van der Waals surface area contributed by atoms with Crippen molar-refractivity contribution in [2.75, 3.05) is 11.9 Å². The number of aryl methyl sites for hydroxylation is 1. The highest BCUT2D eigenvalue weighted by atomic mass is 32.1. The van der Waals surface area contributed by atoms with Gasteiger partial charge in [0.15, 0.2) is 15.9 Å². The molecule has 0 radical (unpaired) electrons. The molecule has 1 aliphatic heterocycles. The highest BCUT2D eigenvalue weighted by molar-refractivity contribution is 7.16. The van der Waals surface area contributed by atoms with Crippen LogP contribution in [0, 0.1) is 6.92 Å². The van der Waals surface area contributed by atoms with Gasteiger partial charge in [-0.1, -0.05) is 11.3 Å². The summed E-state index contributed by atoms with van der Waals surface area (Å²) in [6.07, 6.45) is 1.86. The molecular formula is C20H22N4O4S2. The lowest BCUT2D eigenvalue weighted by molar-refractivity contribution is 0.0225. The first-order chi connectivity index (χ1) is 14.2. The molecule has 0 saturated heterocycles. The Balaban J connectivity index is 1.45. The van der Waals surface area contributed by atoms with Gasteiger partial charge in [-0.2, -0.15) is 0 Å². The number of amides is 2. The summed E-state index contributed by atoms with van der Waals surface area (Å²) in [6.45, 7) is 8.35. The second kappa shape index (κ2) is 7.84. The number of nitrogens with one attached hydrogen (secondary N) is 1. The maximum absolute atomic E-state index is 12.7. The van der Waals surface area contributed by atoms with Crippen LogP contribution in [0.5, 0.6) is 0 Å². The normalized spacial score (nSPS) is 13.8. The van der Waals surface area contributed by atoms with Crippen molar-refractivity contribution in [3.05, 3.63) is 39.5 Å². The molecule has 0 spiro atoms. The van der Waals surface area contributed by atoms with Gasteiger partial charge in [-0.05, 0) is 39.8 Å². The summed E-state index contributed by atoms with van der Waals surface area (Å²) < 4.78 is 10.8. The zero-order valence-corrected chi connectivity index (χ0v) is 18.8. The summed E-state index contributed by atoms with van der Waals surface area (Å²) >= 11 is 2.78. The molecule has 30 heavy (non-hydrogen) atoms. The van der Waals surface area contributed by atoms with E-state index in [2.05, 4.69) is 15.3 Å². The molecule has 4 rings (SSSR count). The highest BCUT2D eigenvalue weighted by Crippen LogP contribution is 2.31. The van der Waals surface area contributed by atoms with Crippen molar-refractivity contribution >= 4 is 39.8 Å². The smallest absolute Gasteiger partial charge is 0.410 e. The minimum absolute atomic E-state index is 0.309. The Morgan fingerprint density at radius 3 is 2.77 bits per heavy atom. The molecule has 0 aliphatic carbocycles. The third kappa shape index (κ3) is 4.39. The maximum atomic E-state index is 12.7. The van der Waals surface area contributed by atoms with E-state index in [1.807, 2.05) is 33.8 Å². The minimum Gasteiger partial charge on any atom is -0.462 e. The van der Waals surface area contributed by atoms with Crippen LogP contribution in [0.3, 0.4) is 0 Å². The SMILES string of the molecule is Cc1sc(-c2ccco2)nc1C(=O)Nc1nc2c(s1)CN(C(=O)OC(C)(C)C)CC2. The number of nitrogens with zero attached hydrogens (tertiary/aromatic N) is 3. The molecule has 158 valence electrons. The number of aromatic nitrogens is 2. The van der Waals surface area contributed by atoms with Crippen LogP contribution in [-0.4, -0.2) is 39.0 Å². The molecular weight excluding hydrogens is 424 g/mol. The first-order valence-electron chi connectivity index (χ1n) is 9.49. The molecule has 0 unspecified atom stereocenters. The number of hydrogen-bond donors (Lipinski definition) is 1. The van der Waals surface area contributed by atoms with Crippen molar-refractivity contribution in [3.63, 3.8) is 0 Å². The molecule has 0 atom stereocenters. The lowest BCUT2D eigenvalue weighted by Crippen LogP contribution is -2.39. The van der Waals surface area contributed by atoms with Crippen LogP contribution in [0.4, 0.5) is 9.93 Å². The summed E-state index contributed by atoms with van der Waals surface area (Å²) in [5.41, 5.74) is 0.723. The third-order valence-electron chi connectivity index (χ3n) is 4.35. The topological polar surface area (TPSA) is 97.6 Å². The van der Waals surface area contributed by atoms with E-state index in [1.54, 1.807) is 17.2 Å². The van der Waals surface area contributed by atoms with Crippen LogP contribution in [0.1, 0.15) is 46.7 Å². The Morgan fingerprint density at radius 1 is 1.27 bits per heavy atom. The van der Waals surface area contributed by atoms with E-state index in [1.165, 1.54) is 22.7 Å². The van der Waals surface area contributed by atoms with Crippen LogP contribution >= 0.6 is 22.7 Å². The number of carbonyl (C=O) groups is 2. The molecule has 2 amide bonds. The molecule has 0 bridgehead atoms. The fraction of sp³-hybridized carbons (Fsp3) is 0.400. The fourth-order valence-corrected chi connectivity index (χ4v) is 4.90. The lowest BCUT2D eigenvalue weighted by Gasteiger charge is -2.29. The second-order valence-corrected chi connectivity index (χ2v) is 10.2. The summed E-state index contributed by atoms with van der Waals surface area (Å²) in [4.78, 5) is 37.5. The van der Waals surface area contributed by atoms with Gasteiger partial charge in [0.2, 0.25) is 0 Å². The lowest BCUT2D eigenvalue weighted by atomic mass is 10.2. The minimum atomic E-state index is -0.538. The number of furan rings is 1. The molecule has 8 nitrogen and oxygen atoms in total. The maximum Gasteiger partial charge on any atom is 0.410 e. The van der Waals surface area contributed by atoms with Gasteiger partial charge in [0.1, 0.15) is 11.3 Å². The Hall–Kier alpha value is -2.72. The van der Waals surface area contributed by atoms with Crippen molar-refractivity contribution in [1.82, 2.24) is 14.9 Å². The third-order valence-corrected chi connectivity index (χ3v) is 6.33. The number of anilines is 1. The molecule has 10 heteroatoms. The standard InChI is InChI=1S/C20H22N4O4S2/c1-11-15(22-17(29-11)13-6-5-9-27-13)16(25)23-18-21-12-7-8-24(10-14(12)30-18)19(26)28-20(2,3)4/h5-6,9H,7-8,10H2,1-4H3,(H,21,23,25). The Morgan fingerprint density at radius 2 is 2.07 bits per heavy atom. The van der Waals surface area contributed by atoms with Crippen LogP contribution < -0.4 is 5.32 Å². The van der Waals surface area contributed by atoms with Crippen molar-refractivity contribution in [3.8, 4) is 10.8 Å². The average molecular weight is 447 g/mol. The number of carbonyl (C=O) groups excluding carboxylic acids is 2. The first kappa shape index (κ1) is 20.5. The monoisotopic (exact) mass is 446 g/mol. The first-order valence-corrected chi connectivity index (χ1v) is 11.1. The van der Waals surface area contributed by atoms with E-state index in [4.69, 9.17) is 9.15 Å². The van der Waals surface area contributed by atoms with Crippen molar-refractivity contribution < 1.29 is 18.7 Å². The van der Waals surface area contributed by atoms with Crippen LogP contribution in [0.2, 0.25) is 0 Å². The summed E-state index contributed by atoms with van der Waals surface area (Å²) in [5, 5.41) is 4.01. The van der Waals surface area contributed by atoms with Gasteiger partial charge < -0.3 is 14.1 Å². The number of ether oxygens (including phenoxy) is 1.